The number of aromatic nitrogens is 1. The summed E-state index contributed by atoms with van der Waals surface area (Å²) in [6.45, 7) is 7.73. The van der Waals surface area contributed by atoms with Gasteiger partial charge in [0, 0.05) is 25.0 Å². The number of pyridine rings is 1. The van der Waals surface area contributed by atoms with Crippen molar-refractivity contribution in [2.75, 3.05) is 0 Å². The quantitative estimate of drug-likeness (QED) is 0.567. The molecule has 0 N–H and O–H groups in total. The highest BCUT2D eigenvalue weighted by molar-refractivity contribution is 4.93. The van der Waals surface area contributed by atoms with Gasteiger partial charge in [0.25, 0.3) is 0 Å². The normalized spacial score (nSPS) is 10.5. The van der Waals surface area contributed by atoms with Gasteiger partial charge in [-0.2, -0.15) is 0 Å². The summed E-state index contributed by atoms with van der Waals surface area (Å²) in [6.07, 6.45) is 2.13. The fourth-order valence-corrected chi connectivity index (χ4v) is 1.16. The van der Waals surface area contributed by atoms with E-state index < -0.39 is 0 Å². The first-order chi connectivity index (χ1) is 5.20. The summed E-state index contributed by atoms with van der Waals surface area (Å²) < 4.78 is 2.28. The van der Waals surface area contributed by atoms with E-state index in [0.717, 1.165) is 12.5 Å². The van der Waals surface area contributed by atoms with Crippen LogP contribution in [0.15, 0.2) is 24.4 Å². The summed E-state index contributed by atoms with van der Waals surface area (Å²) in [5.41, 5.74) is 1.33. The monoisotopic (exact) mass is 150 g/mol. The number of hydrogen-bond acceptors (Lipinski definition) is 0. The molecule has 0 aliphatic rings. The van der Waals surface area contributed by atoms with Crippen molar-refractivity contribution in [3.8, 4) is 0 Å². The molecule has 0 bridgehead atoms. The van der Waals surface area contributed by atoms with Crippen LogP contribution in [0.25, 0.3) is 0 Å². The minimum absolute atomic E-state index is 0.723. The van der Waals surface area contributed by atoms with Gasteiger partial charge in [-0.15, -0.1) is 0 Å². The van der Waals surface area contributed by atoms with Gasteiger partial charge in [0.1, 0.15) is 0 Å². The van der Waals surface area contributed by atoms with E-state index in [4.69, 9.17) is 0 Å². The molecule has 60 valence electrons. The minimum Gasteiger partial charge on any atom is -0.202 e. The van der Waals surface area contributed by atoms with Gasteiger partial charge in [0.2, 0.25) is 0 Å². The highest BCUT2D eigenvalue weighted by Crippen LogP contribution is 1.93. The summed E-state index contributed by atoms with van der Waals surface area (Å²) in [7, 11) is 0. The summed E-state index contributed by atoms with van der Waals surface area (Å²) in [5, 5.41) is 0. The molecule has 0 fully saturated rings. The second-order valence-electron chi connectivity index (χ2n) is 3.39. The summed E-state index contributed by atoms with van der Waals surface area (Å²) in [6, 6.07) is 6.30. The van der Waals surface area contributed by atoms with Crippen molar-refractivity contribution in [1.82, 2.24) is 0 Å². The van der Waals surface area contributed by atoms with E-state index in [1.54, 1.807) is 0 Å². The third-order valence-electron chi connectivity index (χ3n) is 1.73. The fourth-order valence-electron chi connectivity index (χ4n) is 1.16. The van der Waals surface area contributed by atoms with Crippen LogP contribution in [0.4, 0.5) is 0 Å². The van der Waals surface area contributed by atoms with Crippen LogP contribution in [0.3, 0.4) is 0 Å². The average Bonchev–Trinajstić information content (AvgIpc) is 1.93. The Morgan fingerprint density at radius 3 is 2.64 bits per heavy atom. The molecular formula is C10H16N+. The van der Waals surface area contributed by atoms with Gasteiger partial charge in [-0.3, -0.25) is 0 Å². The molecule has 1 rings (SSSR count). The summed E-state index contributed by atoms with van der Waals surface area (Å²) in [5.74, 6) is 0.723. The van der Waals surface area contributed by atoms with Crippen LogP contribution in [0.1, 0.15) is 19.5 Å². The highest BCUT2D eigenvalue weighted by atomic mass is 14.9. The Morgan fingerprint density at radius 2 is 2.09 bits per heavy atom. The number of rotatable bonds is 2. The zero-order valence-electron chi connectivity index (χ0n) is 7.54. The molecule has 0 aliphatic carbocycles. The second kappa shape index (κ2) is 3.51. The Labute approximate surface area is 68.7 Å². The lowest BCUT2D eigenvalue weighted by Crippen LogP contribution is -2.38. The Balaban J connectivity index is 2.78. The van der Waals surface area contributed by atoms with Crippen LogP contribution < -0.4 is 4.57 Å². The molecule has 0 radical (unpaired) electrons. The van der Waals surface area contributed by atoms with Crippen molar-refractivity contribution in [3.05, 3.63) is 30.1 Å². The standard InChI is InChI=1S/C10H16N/c1-9(2)8-11-7-5-4-6-10(11)3/h4-7,9H,8H2,1-3H3/q+1. The maximum atomic E-state index is 2.28. The van der Waals surface area contributed by atoms with Gasteiger partial charge in [0.05, 0.1) is 0 Å². The van der Waals surface area contributed by atoms with Crippen LogP contribution in [-0.4, -0.2) is 0 Å². The SMILES string of the molecule is Cc1cccc[n+]1CC(C)C. The molecule has 0 saturated carbocycles. The van der Waals surface area contributed by atoms with E-state index in [-0.39, 0.29) is 0 Å². The molecule has 0 amide bonds. The van der Waals surface area contributed by atoms with E-state index in [2.05, 4.69) is 49.7 Å². The van der Waals surface area contributed by atoms with Crippen LogP contribution in [0.2, 0.25) is 0 Å². The second-order valence-corrected chi connectivity index (χ2v) is 3.39. The molecule has 1 heteroatoms. The largest absolute Gasteiger partial charge is 0.202 e. The van der Waals surface area contributed by atoms with Crippen molar-refractivity contribution in [1.29, 1.82) is 0 Å². The van der Waals surface area contributed by atoms with Crippen molar-refractivity contribution in [2.24, 2.45) is 5.92 Å². The topological polar surface area (TPSA) is 3.88 Å². The number of hydrogen-bond donors (Lipinski definition) is 0. The van der Waals surface area contributed by atoms with E-state index in [1.165, 1.54) is 5.69 Å². The van der Waals surface area contributed by atoms with E-state index in [0.29, 0.717) is 0 Å². The summed E-state index contributed by atoms with van der Waals surface area (Å²) >= 11 is 0. The molecule has 11 heavy (non-hydrogen) atoms. The smallest absolute Gasteiger partial charge is 0.178 e. The lowest BCUT2D eigenvalue weighted by Gasteiger charge is -2.01. The Kier molecular flexibility index (Phi) is 2.64. The minimum atomic E-state index is 0.723. The zero-order valence-corrected chi connectivity index (χ0v) is 7.54. The molecular weight excluding hydrogens is 134 g/mol. The maximum Gasteiger partial charge on any atom is 0.178 e. The lowest BCUT2D eigenvalue weighted by atomic mass is 10.2. The third-order valence-corrected chi connectivity index (χ3v) is 1.73. The molecule has 1 nitrogen and oxygen atoms in total. The van der Waals surface area contributed by atoms with Crippen LogP contribution >= 0.6 is 0 Å². The zero-order chi connectivity index (χ0) is 8.27. The average molecular weight is 150 g/mol. The number of aryl methyl sites for hydroxylation is 1. The van der Waals surface area contributed by atoms with Gasteiger partial charge in [0.15, 0.2) is 18.4 Å². The predicted molar refractivity (Wildman–Crippen MR) is 46.2 cm³/mol. The molecule has 0 aromatic carbocycles. The number of nitrogens with zero attached hydrogens (tertiary/aromatic N) is 1. The van der Waals surface area contributed by atoms with Gasteiger partial charge < -0.3 is 0 Å². The molecule has 1 heterocycles. The Morgan fingerprint density at radius 1 is 1.36 bits per heavy atom. The maximum absolute atomic E-state index is 2.28. The molecule has 0 atom stereocenters. The molecule has 0 saturated heterocycles. The molecule has 1 aromatic heterocycles. The first kappa shape index (κ1) is 8.25. The Hall–Kier alpha value is -0.850. The van der Waals surface area contributed by atoms with Gasteiger partial charge in [-0.25, -0.2) is 4.57 Å². The van der Waals surface area contributed by atoms with E-state index in [9.17, 15) is 0 Å². The van der Waals surface area contributed by atoms with Crippen LogP contribution in [0.5, 0.6) is 0 Å². The lowest BCUT2D eigenvalue weighted by molar-refractivity contribution is -0.708. The van der Waals surface area contributed by atoms with Crippen LogP contribution in [0, 0.1) is 12.8 Å². The van der Waals surface area contributed by atoms with Crippen molar-refractivity contribution < 1.29 is 4.57 Å². The molecule has 0 unspecified atom stereocenters. The van der Waals surface area contributed by atoms with Gasteiger partial charge in [-0.1, -0.05) is 19.9 Å². The third kappa shape index (κ3) is 2.34. The van der Waals surface area contributed by atoms with Crippen molar-refractivity contribution in [2.45, 2.75) is 27.3 Å². The van der Waals surface area contributed by atoms with Crippen LogP contribution in [-0.2, 0) is 6.54 Å². The summed E-state index contributed by atoms with van der Waals surface area (Å²) in [4.78, 5) is 0. The fraction of sp³-hybridized carbons (Fsp3) is 0.500. The van der Waals surface area contributed by atoms with Gasteiger partial charge >= 0.3 is 0 Å². The van der Waals surface area contributed by atoms with Crippen molar-refractivity contribution in [3.63, 3.8) is 0 Å². The van der Waals surface area contributed by atoms with Crippen molar-refractivity contribution >= 4 is 0 Å². The highest BCUT2D eigenvalue weighted by Gasteiger charge is 2.05. The first-order valence-corrected chi connectivity index (χ1v) is 4.15. The van der Waals surface area contributed by atoms with E-state index >= 15 is 0 Å². The predicted octanol–water partition coefficient (Wildman–Crippen LogP) is 1.94. The first-order valence-electron chi connectivity index (χ1n) is 4.15. The van der Waals surface area contributed by atoms with Gasteiger partial charge in [-0.05, 0) is 0 Å². The molecule has 0 spiro atoms. The Bertz CT molecular complexity index is 228. The molecule has 1 aromatic rings. The molecule has 0 aliphatic heterocycles. The van der Waals surface area contributed by atoms with E-state index in [1.807, 2.05) is 0 Å².